The summed E-state index contributed by atoms with van der Waals surface area (Å²) in [6, 6.07) is 7.10. The van der Waals surface area contributed by atoms with Crippen LogP contribution in [0.2, 0.25) is 0 Å². The van der Waals surface area contributed by atoms with Crippen LogP contribution in [0, 0.1) is 6.92 Å². The number of piperazine rings is 1. The van der Waals surface area contributed by atoms with Gasteiger partial charge in [0.2, 0.25) is 5.91 Å². The molecule has 0 radical (unpaired) electrons. The molecule has 0 unspecified atom stereocenters. The Morgan fingerprint density at radius 1 is 1.24 bits per heavy atom. The first-order valence-electron chi connectivity index (χ1n) is 7.95. The lowest BCUT2D eigenvalue weighted by molar-refractivity contribution is -0.130. The highest BCUT2D eigenvalue weighted by Gasteiger charge is 2.24. The summed E-state index contributed by atoms with van der Waals surface area (Å²) in [5, 5.41) is 1.69. The number of nitrogens with one attached hydrogen (secondary N) is 1. The molecule has 2 aromatic heterocycles. The van der Waals surface area contributed by atoms with Crippen molar-refractivity contribution in [3.63, 3.8) is 0 Å². The first-order valence-corrected chi connectivity index (χ1v) is 10.3. The second kappa shape index (κ2) is 7.51. The smallest absolute Gasteiger partial charge is 0.250 e. The standard InChI is InChI=1S/C16H20N4O3S2/c1-13-4-2-6-17-16(13)20-9-7-19(8-10-20)14(21)12-18-25(22,23)15-5-3-11-24-15/h2-6,11,18H,7-10,12H2,1H3. The van der Waals surface area contributed by atoms with E-state index in [2.05, 4.69) is 14.6 Å². The first kappa shape index (κ1) is 17.8. The number of thiophene rings is 1. The number of rotatable bonds is 5. The van der Waals surface area contributed by atoms with Crippen molar-refractivity contribution in [2.75, 3.05) is 37.6 Å². The number of hydrogen-bond donors (Lipinski definition) is 1. The maximum absolute atomic E-state index is 12.3. The summed E-state index contributed by atoms with van der Waals surface area (Å²) in [6.07, 6.45) is 1.76. The number of aryl methyl sites for hydroxylation is 1. The molecule has 3 rings (SSSR count). The largest absolute Gasteiger partial charge is 0.353 e. The van der Waals surface area contributed by atoms with E-state index in [0.29, 0.717) is 26.2 Å². The molecular formula is C16H20N4O3S2. The minimum absolute atomic E-state index is 0.211. The zero-order chi connectivity index (χ0) is 17.9. The van der Waals surface area contributed by atoms with Gasteiger partial charge < -0.3 is 9.80 Å². The second-order valence-corrected chi connectivity index (χ2v) is 8.71. The molecule has 0 aromatic carbocycles. The Hall–Kier alpha value is -1.97. The van der Waals surface area contributed by atoms with E-state index in [-0.39, 0.29) is 16.7 Å². The highest BCUT2D eigenvalue weighted by atomic mass is 32.2. The number of carbonyl (C=O) groups is 1. The van der Waals surface area contributed by atoms with Crippen LogP contribution < -0.4 is 9.62 Å². The van der Waals surface area contributed by atoms with Gasteiger partial charge in [0.05, 0.1) is 6.54 Å². The second-order valence-electron chi connectivity index (χ2n) is 5.77. The molecule has 7 nitrogen and oxygen atoms in total. The van der Waals surface area contributed by atoms with E-state index in [9.17, 15) is 13.2 Å². The maximum atomic E-state index is 12.3. The molecule has 1 amide bonds. The Morgan fingerprint density at radius 2 is 2.00 bits per heavy atom. The number of sulfonamides is 1. The molecule has 2 aromatic rings. The third kappa shape index (κ3) is 4.17. The Balaban J connectivity index is 1.53. The molecule has 0 bridgehead atoms. The highest BCUT2D eigenvalue weighted by molar-refractivity contribution is 7.91. The van der Waals surface area contributed by atoms with Gasteiger partial charge in [0.25, 0.3) is 10.0 Å². The minimum atomic E-state index is -3.61. The number of nitrogens with zero attached hydrogens (tertiary/aromatic N) is 3. The summed E-state index contributed by atoms with van der Waals surface area (Å²) in [5.74, 6) is 0.727. The van der Waals surface area contributed by atoms with Gasteiger partial charge in [-0.3, -0.25) is 4.79 Å². The molecule has 25 heavy (non-hydrogen) atoms. The van der Waals surface area contributed by atoms with Crippen molar-refractivity contribution in [2.45, 2.75) is 11.1 Å². The zero-order valence-electron chi connectivity index (χ0n) is 13.9. The van der Waals surface area contributed by atoms with Gasteiger partial charge in [-0.15, -0.1) is 11.3 Å². The monoisotopic (exact) mass is 380 g/mol. The molecule has 1 N–H and O–H groups in total. The average molecular weight is 380 g/mol. The summed E-state index contributed by atoms with van der Waals surface area (Å²) >= 11 is 1.13. The number of anilines is 1. The van der Waals surface area contributed by atoms with Crippen molar-refractivity contribution in [1.82, 2.24) is 14.6 Å². The molecule has 0 atom stereocenters. The fourth-order valence-electron chi connectivity index (χ4n) is 2.73. The lowest BCUT2D eigenvalue weighted by Crippen LogP contribution is -2.51. The summed E-state index contributed by atoms with van der Waals surface area (Å²) < 4.78 is 26.7. The fraction of sp³-hybridized carbons (Fsp3) is 0.375. The van der Waals surface area contributed by atoms with Crippen LogP contribution in [0.1, 0.15) is 5.56 Å². The lowest BCUT2D eigenvalue weighted by Gasteiger charge is -2.36. The molecule has 1 aliphatic heterocycles. The van der Waals surface area contributed by atoms with Crippen molar-refractivity contribution >= 4 is 33.1 Å². The third-order valence-corrected chi connectivity index (χ3v) is 6.89. The van der Waals surface area contributed by atoms with Crippen LogP contribution in [0.5, 0.6) is 0 Å². The number of carbonyl (C=O) groups excluding carboxylic acids is 1. The Labute approximate surface area is 151 Å². The van der Waals surface area contributed by atoms with Gasteiger partial charge in [0, 0.05) is 32.4 Å². The molecule has 1 aliphatic rings. The van der Waals surface area contributed by atoms with Gasteiger partial charge >= 0.3 is 0 Å². The minimum Gasteiger partial charge on any atom is -0.353 e. The van der Waals surface area contributed by atoms with Crippen molar-refractivity contribution in [3.8, 4) is 0 Å². The van der Waals surface area contributed by atoms with Crippen molar-refractivity contribution in [1.29, 1.82) is 0 Å². The highest BCUT2D eigenvalue weighted by Crippen LogP contribution is 2.18. The van der Waals surface area contributed by atoms with Crippen molar-refractivity contribution in [2.24, 2.45) is 0 Å². The quantitative estimate of drug-likeness (QED) is 0.839. The van der Waals surface area contributed by atoms with E-state index in [1.807, 2.05) is 19.1 Å². The van der Waals surface area contributed by atoms with E-state index in [1.165, 1.54) is 6.07 Å². The van der Waals surface area contributed by atoms with Crippen LogP contribution in [0.4, 0.5) is 5.82 Å². The number of pyridine rings is 1. The van der Waals surface area contributed by atoms with Crippen molar-refractivity contribution < 1.29 is 13.2 Å². The van der Waals surface area contributed by atoms with Gasteiger partial charge in [-0.05, 0) is 30.0 Å². The predicted octanol–water partition coefficient (Wildman–Crippen LogP) is 1.08. The first-order chi connectivity index (χ1) is 12.0. The number of aromatic nitrogens is 1. The van der Waals surface area contributed by atoms with Gasteiger partial charge in [0.1, 0.15) is 10.0 Å². The topological polar surface area (TPSA) is 82.6 Å². The van der Waals surface area contributed by atoms with Gasteiger partial charge in [0.15, 0.2) is 0 Å². The van der Waals surface area contributed by atoms with Crippen LogP contribution in [0.15, 0.2) is 40.1 Å². The van der Waals surface area contributed by atoms with Gasteiger partial charge in [-0.2, -0.15) is 0 Å². The fourth-order valence-corrected chi connectivity index (χ4v) is 4.74. The molecule has 1 saturated heterocycles. The van der Waals surface area contributed by atoms with E-state index < -0.39 is 10.0 Å². The molecular weight excluding hydrogens is 360 g/mol. The molecule has 9 heteroatoms. The summed E-state index contributed by atoms with van der Waals surface area (Å²) in [5.41, 5.74) is 1.10. The summed E-state index contributed by atoms with van der Waals surface area (Å²) in [7, 11) is -3.61. The zero-order valence-corrected chi connectivity index (χ0v) is 15.5. The molecule has 0 aliphatic carbocycles. The van der Waals surface area contributed by atoms with Crippen LogP contribution in [0.25, 0.3) is 0 Å². The third-order valence-electron chi connectivity index (χ3n) is 4.09. The summed E-state index contributed by atoms with van der Waals surface area (Å²) in [6.45, 7) is 4.26. The van der Waals surface area contributed by atoms with Crippen LogP contribution >= 0.6 is 11.3 Å². The van der Waals surface area contributed by atoms with E-state index in [1.54, 1.807) is 22.5 Å². The Morgan fingerprint density at radius 3 is 2.64 bits per heavy atom. The van der Waals surface area contributed by atoms with Crippen LogP contribution in [-0.4, -0.2) is 56.9 Å². The van der Waals surface area contributed by atoms with Gasteiger partial charge in [-0.25, -0.2) is 18.1 Å². The Kier molecular flexibility index (Phi) is 5.36. The van der Waals surface area contributed by atoms with Crippen LogP contribution in [-0.2, 0) is 14.8 Å². The normalized spacial score (nSPS) is 15.4. The number of hydrogen-bond acceptors (Lipinski definition) is 6. The maximum Gasteiger partial charge on any atom is 0.250 e. The molecule has 0 saturated carbocycles. The van der Waals surface area contributed by atoms with Gasteiger partial charge in [-0.1, -0.05) is 12.1 Å². The van der Waals surface area contributed by atoms with Crippen molar-refractivity contribution in [3.05, 3.63) is 41.4 Å². The lowest BCUT2D eigenvalue weighted by atomic mass is 10.2. The average Bonchev–Trinajstić information content (AvgIpc) is 3.16. The molecule has 134 valence electrons. The molecule has 3 heterocycles. The summed E-state index contributed by atoms with van der Waals surface area (Å²) in [4.78, 5) is 20.5. The predicted molar refractivity (Wildman–Crippen MR) is 97.3 cm³/mol. The number of amides is 1. The Bertz CT molecular complexity index is 829. The SMILES string of the molecule is Cc1cccnc1N1CCN(C(=O)CNS(=O)(=O)c2cccs2)CC1. The van der Waals surface area contributed by atoms with E-state index >= 15 is 0 Å². The van der Waals surface area contributed by atoms with E-state index in [0.717, 1.165) is 22.7 Å². The van der Waals surface area contributed by atoms with E-state index in [4.69, 9.17) is 0 Å². The molecule has 1 fully saturated rings. The van der Waals surface area contributed by atoms with Crippen LogP contribution in [0.3, 0.4) is 0 Å². The molecule has 0 spiro atoms.